The van der Waals surface area contributed by atoms with Crippen molar-refractivity contribution in [2.45, 2.75) is 30.4 Å². The molecule has 102 valence electrons. The van der Waals surface area contributed by atoms with Crippen molar-refractivity contribution in [1.29, 1.82) is 0 Å². The van der Waals surface area contributed by atoms with Gasteiger partial charge in [-0.3, -0.25) is 0 Å². The van der Waals surface area contributed by atoms with Crippen LogP contribution in [0.2, 0.25) is 0 Å². The average molecular weight is 340 g/mol. The van der Waals surface area contributed by atoms with E-state index in [0.717, 1.165) is 22.4 Å². The van der Waals surface area contributed by atoms with Gasteiger partial charge in [0.1, 0.15) is 5.76 Å². The molecule has 1 aromatic carbocycles. The Labute approximate surface area is 126 Å². The molecule has 0 radical (unpaired) electrons. The zero-order valence-corrected chi connectivity index (χ0v) is 13.3. The SMILES string of the molecule is CCC(N)C(SCc1ccco1)c1ccc(Br)cc1. The summed E-state index contributed by atoms with van der Waals surface area (Å²) in [6.07, 6.45) is 2.68. The van der Waals surface area contributed by atoms with Crippen LogP contribution in [-0.4, -0.2) is 6.04 Å². The molecule has 0 fully saturated rings. The van der Waals surface area contributed by atoms with Gasteiger partial charge in [0, 0.05) is 15.8 Å². The van der Waals surface area contributed by atoms with Crippen LogP contribution in [0, 0.1) is 0 Å². The van der Waals surface area contributed by atoms with Crippen molar-refractivity contribution in [2.75, 3.05) is 0 Å². The van der Waals surface area contributed by atoms with Gasteiger partial charge in [0.2, 0.25) is 0 Å². The van der Waals surface area contributed by atoms with Crippen LogP contribution in [0.25, 0.3) is 0 Å². The second kappa shape index (κ2) is 7.17. The molecule has 0 spiro atoms. The predicted molar refractivity (Wildman–Crippen MR) is 85.2 cm³/mol. The van der Waals surface area contributed by atoms with Crippen LogP contribution >= 0.6 is 27.7 Å². The maximum absolute atomic E-state index is 6.26. The Kier molecular flexibility index (Phi) is 5.55. The Morgan fingerprint density at radius 2 is 2.00 bits per heavy atom. The summed E-state index contributed by atoms with van der Waals surface area (Å²) in [4.78, 5) is 0. The Balaban J connectivity index is 2.09. The van der Waals surface area contributed by atoms with Crippen molar-refractivity contribution in [3.8, 4) is 0 Å². The molecule has 0 saturated heterocycles. The third kappa shape index (κ3) is 4.13. The molecule has 2 rings (SSSR count). The first-order chi connectivity index (χ1) is 9.20. The van der Waals surface area contributed by atoms with Gasteiger partial charge in [-0.25, -0.2) is 0 Å². The number of thioether (sulfide) groups is 1. The van der Waals surface area contributed by atoms with Crippen LogP contribution in [0.1, 0.15) is 29.9 Å². The number of furan rings is 1. The molecule has 2 aromatic rings. The molecule has 2 unspecified atom stereocenters. The van der Waals surface area contributed by atoms with Crippen LogP contribution < -0.4 is 5.73 Å². The van der Waals surface area contributed by atoms with E-state index >= 15 is 0 Å². The maximum Gasteiger partial charge on any atom is 0.113 e. The fraction of sp³-hybridized carbons (Fsp3) is 0.333. The fourth-order valence-electron chi connectivity index (χ4n) is 1.90. The summed E-state index contributed by atoms with van der Waals surface area (Å²) in [6, 6.07) is 12.5. The van der Waals surface area contributed by atoms with Crippen LogP contribution in [0.3, 0.4) is 0 Å². The van der Waals surface area contributed by atoms with Crippen molar-refractivity contribution in [3.63, 3.8) is 0 Å². The highest BCUT2D eigenvalue weighted by Gasteiger charge is 2.19. The summed E-state index contributed by atoms with van der Waals surface area (Å²) in [6.45, 7) is 2.13. The molecule has 0 aliphatic carbocycles. The minimum Gasteiger partial charge on any atom is -0.468 e. The van der Waals surface area contributed by atoms with E-state index in [1.807, 2.05) is 23.9 Å². The minimum absolute atomic E-state index is 0.154. The van der Waals surface area contributed by atoms with E-state index < -0.39 is 0 Å². The van der Waals surface area contributed by atoms with Gasteiger partial charge in [-0.05, 0) is 36.2 Å². The molecule has 0 aliphatic rings. The molecule has 0 saturated carbocycles. The van der Waals surface area contributed by atoms with Crippen LogP contribution in [0.15, 0.2) is 51.6 Å². The first kappa shape index (κ1) is 14.7. The van der Waals surface area contributed by atoms with Gasteiger partial charge in [0.05, 0.1) is 12.0 Å². The molecule has 0 amide bonds. The quantitative estimate of drug-likeness (QED) is 0.824. The highest BCUT2D eigenvalue weighted by Crippen LogP contribution is 2.35. The summed E-state index contributed by atoms with van der Waals surface area (Å²) in [7, 11) is 0. The molecule has 4 heteroatoms. The highest BCUT2D eigenvalue weighted by atomic mass is 79.9. The Morgan fingerprint density at radius 1 is 1.26 bits per heavy atom. The van der Waals surface area contributed by atoms with E-state index in [1.54, 1.807) is 6.26 Å². The molecular weight excluding hydrogens is 322 g/mol. The number of hydrogen-bond donors (Lipinski definition) is 1. The van der Waals surface area contributed by atoms with E-state index in [4.69, 9.17) is 10.2 Å². The van der Waals surface area contributed by atoms with Gasteiger partial charge in [0.25, 0.3) is 0 Å². The normalized spacial score (nSPS) is 14.3. The van der Waals surface area contributed by atoms with E-state index in [-0.39, 0.29) is 6.04 Å². The summed E-state index contributed by atoms with van der Waals surface area (Å²) in [5.74, 6) is 1.84. The highest BCUT2D eigenvalue weighted by molar-refractivity contribution is 9.10. The van der Waals surface area contributed by atoms with Gasteiger partial charge in [-0.1, -0.05) is 35.0 Å². The lowest BCUT2D eigenvalue weighted by atomic mass is 10.0. The van der Waals surface area contributed by atoms with Crippen molar-refractivity contribution in [1.82, 2.24) is 0 Å². The lowest BCUT2D eigenvalue weighted by Gasteiger charge is -2.22. The van der Waals surface area contributed by atoms with Gasteiger partial charge in [0.15, 0.2) is 0 Å². The van der Waals surface area contributed by atoms with Gasteiger partial charge < -0.3 is 10.2 Å². The molecule has 2 N–H and O–H groups in total. The Morgan fingerprint density at radius 3 is 2.58 bits per heavy atom. The summed E-state index contributed by atoms with van der Waals surface area (Å²) >= 11 is 5.30. The van der Waals surface area contributed by atoms with Crippen LogP contribution in [0.4, 0.5) is 0 Å². The lowest BCUT2D eigenvalue weighted by molar-refractivity contribution is 0.529. The number of benzene rings is 1. The van der Waals surface area contributed by atoms with Crippen LogP contribution in [-0.2, 0) is 5.75 Å². The average Bonchev–Trinajstić information content (AvgIpc) is 2.93. The van der Waals surface area contributed by atoms with Crippen molar-refractivity contribution in [3.05, 3.63) is 58.5 Å². The van der Waals surface area contributed by atoms with Crippen molar-refractivity contribution < 1.29 is 4.42 Å². The lowest BCUT2D eigenvalue weighted by Crippen LogP contribution is -2.25. The van der Waals surface area contributed by atoms with Crippen LogP contribution in [0.5, 0.6) is 0 Å². The second-order valence-electron chi connectivity index (χ2n) is 4.43. The molecule has 0 bridgehead atoms. The molecule has 1 aromatic heterocycles. The summed E-state index contributed by atoms with van der Waals surface area (Å²) in [5, 5.41) is 0.295. The predicted octanol–water partition coefficient (Wildman–Crippen LogP) is 4.75. The molecule has 1 heterocycles. The van der Waals surface area contributed by atoms with E-state index in [2.05, 4.69) is 47.1 Å². The zero-order valence-electron chi connectivity index (χ0n) is 10.9. The molecule has 19 heavy (non-hydrogen) atoms. The molecule has 0 aliphatic heterocycles. The second-order valence-corrected chi connectivity index (χ2v) is 6.48. The third-order valence-electron chi connectivity index (χ3n) is 3.04. The van der Waals surface area contributed by atoms with Gasteiger partial charge >= 0.3 is 0 Å². The smallest absolute Gasteiger partial charge is 0.113 e. The topological polar surface area (TPSA) is 39.2 Å². The van der Waals surface area contributed by atoms with Crippen molar-refractivity contribution >= 4 is 27.7 Å². The summed E-state index contributed by atoms with van der Waals surface area (Å²) < 4.78 is 6.48. The Hall–Kier alpha value is -0.710. The first-order valence-electron chi connectivity index (χ1n) is 6.35. The fourth-order valence-corrected chi connectivity index (χ4v) is 3.46. The number of hydrogen-bond acceptors (Lipinski definition) is 3. The van der Waals surface area contributed by atoms with E-state index in [9.17, 15) is 0 Å². The molecule has 2 nitrogen and oxygen atoms in total. The van der Waals surface area contributed by atoms with Crippen molar-refractivity contribution in [2.24, 2.45) is 5.73 Å². The molecular formula is C15H18BrNOS. The van der Waals surface area contributed by atoms with E-state index in [0.29, 0.717) is 5.25 Å². The summed E-state index contributed by atoms with van der Waals surface area (Å²) in [5.41, 5.74) is 7.54. The number of nitrogens with two attached hydrogens (primary N) is 1. The first-order valence-corrected chi connectivity index (χ1v) is 8.20. The third-order valence-corrected chi connectivity index (χ3v) is 5.00. The van der Waals surface area contributed by atoms with E-state index in [1.165, 1.54) is 5.56 Å². The van der Waals surface area contributed by atoms with Gasteiger partial charge in [-0.15, -0.1) is 11.8 Å². The standard InChI is InChI=1S/C15H18BrNOS/c1-2-14(17)15(11-5-7-12(16)8-6-11)19-10-13-4-3-9-18-13/h3-9,14-15H,2,10,17H2,1H3. The monoisotopic (exact) mass is 339 g/mol. The largest absolute Gasteiger partial charge is 0.468 e. The maximum atomic E-state index is 6.26. The molecule has 2 atom stereocenters. The number of halogens is 1. The number of rotatable bonds is 6. The zero-order chi connectivity index (χ0) is 13.7. The Bertz CT molecular complexity index is 483. The minimum atomic E-state index is 0.154. The van der Waals surface area contributed by atoms with Gasteiger partial charge in [-0.2, -0.15) is 0 Å².